The van der Waals surface area contributed by atoms with Gasteiger partial charge in [0.15, 0.2) is 6.10 Å². The van der Waals surface area contributed by atoms with Crippen molar-refractivity contribution in [2.75, 3.05) is 13.2 Å². The molecule has 0 heterocycles. The normalized spacial score (nSPS) is 12.9. The van der Waals surface area contributed by atoms with E-state index in [0.717, 1.165) is 148 Å². The molecule has 0 aliphatic carbocycles. The summed E-state index contributed by atoms with van der Waals surface area (Å²) in [6.45, 7) is 6.34. The van der Waals surface area contributed by atoms with Gasteiger partial charge < -0.3 is 14.2 Å². The fourth-order valence-electron chi connectivity index (χ4n) is 8.43. The van der Waals surface area contributed by atoms with Crippen molar-refractivity contribution in [1.29, 1.82) is 0 Å². The summed E-state index contributed by atoms with van der Waals surface area (Å²) in [5.41, 5.74) is 0. The summed E-state index contributed by atoms with van der Waals surface area (Å²) in [5, 5.41) is 0. The standard InChI is InChI=1S/C68H114O6/c1-4-7-10-13-16-19-22-24-26-27-28-29-30-31-32-33-34-35-36-37-38-39-40-41-43-44-46-49-52-55-58-61-67(70)73-64-65(63-72-66(69)60-57-54-51-48-21-18-15-12-9-6-3)74-68(71)62-59-56-53-50-47-45-42-25-23-20-17-14-11-8-5-2/h7-8,10-12,15-17,19-20,24-26,28-29,31-32,42,65H,4-6,9,13-14,18,21-23,27,30,33-41,43-64H2,1-3H3/b10-7-,11-8-,15-12-,19-16-,20-17-,26-24-,29-28-,32-31-,42-25-. The summed E-state index contributed by atoms with van der Waals surface area (Å²) in [5.74, 6) is -0.912. The Kier molecular flexibility index (Phi) is 58.3. The molecule has 0 aliphatic rings. The van der Waals surface area contributed by atoms with Crippen LogP contribution < -0.4 is 0 Å². The second-order valence-corrected chi connectivity index (χ2v) is 20.2. The highest BCUT2D eigenvalue weighted by atomic mass is 16.6. The highest BCUT2D eigenvalue weighted by Crippen LogP contribution is 2.16. The summed E-state index contributed by atoms with van der Waals surface area (Å²) in [7, 11) is 0. The van der Waals surface area contributed by atoms with Crippen LogP contribution in [0.4, 0.5) is 0 Å². The maximum atomic E-state index is 12.8. The van der Waals surface area contributed by atoms with Crippen LogP contribution in [0.1, 0.15) is 284 Å². The first-order valence-electron chi connectivity index (χ1n) is 30.9. The number of esters is 3. The summed E-state index contributed by atoms with van der Waals surface area (Å²) in [4.78, 5) is 38.1. The molecule has 0 N–H and O–H groups in total. The molecule has 0 aliphatic heterocycles. The van der Waals surface area contributed by atoms with Crippen LogP contribution in [-0.4, -0.2) is 37.2 Å². The second-order valence-electron chi connectivity index (χ2n) is 20.2. The van der Waals surface area contributed by atoms with E-state index in [1.54, 1.807) is 0 Å². The fourth-order valence-corrected chi connectivity index (χ4v) is 8.43. The summed E-state index contributed by atoms with van der Waals surface area (Å²) in [6.07, 6.45) is 84.0. The van der Waals surface area contributed by atoms with Crippen LogP contribution in [0.15, 0.2) is 109 Å². The average Bonchev–Trinajstić information content (AvgIpc) is 3.40. The van der Waals surface area contributed by atoms with Crippen LogP contribution in [0.3, 0.4) is 0 Å². The molecular formula is C68H114O6. The average molecular weight is 1030 g/mol. The second kappa shape index (κ2) is 61.6. The molecule has 0 saturated carbocycles. The minimum Gasteiger partial charge on any atom is -0.462 e. The number of allylic oxidation sites excluding steroid dienone is 18. The monoisotopic (exact) mass is 1030 g/mol. The maximum absolute atomic E-state index is 12.8. The molecule has 0 spiro atoms. The highest BCUT2D eigenvalue weighted by Gasteiger charge is 2.19. The van der Waals surface area contributed by atoms with E-state index in [9.17, 15) is 14.4 Å². The van der Waals surface area contributed by atoms with Gasteiger partial charge in [0.25, 0.3) is 0 Å². The zero-order valence-electron chi connectivity index (χ0n) is 48.3. The fraction of sp³-hybridized carbons (Fsp3) is 0.691. The van der Waals surface area contributed by atoms with E-state index in [1.807, 2.05) is 0 Å². The van der Waals surface area contributed by atoms with Crippen molar-refractivity contribution in [3.05, 3.63) is 109 Å². The molecule has 0 amide bonds. The van der Waals surface area contributed by atoms with Crippen molar-refractivity contribution in [1.82, 2.24) is 0 Å². The van der Waals surface area contributed by atoms with Crippen LogP contribution >= 0.6 is 0 Å². The molecule has 1 atom stereocenters. The molecule has 1 unspecified atom stereocenters. The van der Waals surface area contributed by atoms with Crippen molar-refractivity contribution in [3.63, 3.8) is 0 Å². The summed E-state index contributed by atoms with van der Waals surface area (Å²) < 4.78 is 16.8. The van der Waals surface area contributed by atoms with Gasteiger partial charge in [-0.05, 0) is 116 Å². The van der Waals surface area contributed by atoms with Crippen molar-refractivity contribution in [3.8, 4) is 0 Å². The first-order valence-corrected chi connectivity index (χ1v) is 30.9. The van der Waals surface area contributed by atoms with Gasteiger partial charge in [0.05, 0.1) is 0 Å². The van der Waals surface area contributed by atoms with Gasteiger partial charge in [-0.15, -0.1) is 0 Å². The largest absolute Gasteiger partial charge is 0.462 e. The molecule has 0 saturated heterocycles. The number of carbonyl (C=O) groups excluding carboxylic acids is 3. The van der Waals surface area contributed by atoms with Crippen molar-refractivity contribution in [2.24, 2.45) is 0 Å². The molecule has 0 rings (SSSR count). The summed E-state index contributed by atoms with van der Waals surface area (Å²) in [6, 6.07) is 0. The minimum atomic E-state index is -0.790. The lowest BCUT2D eigenvalue weighted by Gasteiger charge is -2.18. The van der Waals surface area contributed by atoms with E-state index in [2.05, 4.69) is 130 Å². The van der Waals surface area contributed by atoms with E-state index >= 15 is 0 Å². The smallest absolute Gasteiger partial charge is 0.306 e. The molecule has 0 fully saturated rings. The number of rotatable bonds is 55. The molecule has 6 heteroatoms. The number of hydrogen-bond acceptors (Lipinski definition) is 6. The van der Waals surface area contributed by atoms with Crippen LogP contribution in [0, 0.1) is 0 Å². The van der Waals surface area contributed by atoms with Crippen molar-refractivity contribution >= 4 is 17.9 Å². The predicted octanol–water partition coefficient (Wildman–Crippen LogP) is 21.0. The zero-order valence-corrected chi connectivity index (χ0v) is 48.3. The van der Waals surface area contributed by atoms with Gasteiger partial charge in [0.1, 0.15) is 13.2 Å². The summed E-state index contributed by atoms with van der Waals surface area (Å²) >= 11 is 0. The van der Waals surface area contributed by atoms with Gasteiger partial charge in [-0.25, -0.2) is 0 Å². The lowest BCUT2D eigenvalue weighted by Crippen LogP contribution is -2.30. The van der Waals surface area contributed by atoms with E-state index in [0.29, 0.717) is 19.3 Å². The highest BCUT2D eigenvalue weighted by molar-refractivity contribution is 5.71. The predicted molar refractivity (Wildman–Crippen MR) is 320 cm³/mol. The minimum absolute atomic E-state index is 0.0871. The molecule has 74 heavy (non-hydrogen) atoms. The van der Waals surface area contributed by atoms with Crippen LogP contribution in [0.5, 0.6) is 0 Å². The Bertz CT molecular complexity index is 1510. The molecule has 422 valence electrons. The van der Waals surface area contributed by atoms with Crippen LogP contribution in [0.2, 0.25) is 0 Å². The Labute approximate surface area is 457 Å². The van der Waals surface area contributed by atoms with Crippen molar-refractivity contribution in [2.45, 2.75) is 290 Å². The molecule has 0 bridgehead atoms. The third-order valence-corrected chi connectivity index (χ3v) is 13.0. The van der Waals surface area contributed by atoms with E-state index in [-0.39, 0.29) is 31.1 Å². The van der Waals surface area contributed by atoms with Gasteiger partial charge in [-0.1, -0.05) is 259 Å². The Morgan fingerprint density at radius 2 is 0.527 bits per heavy atom. The van der Waals surface area contributed by atoms with E-state index in [4.69, 9.17) is 14.2 Å². The molecule has 0 aromatic heterocycles. The third kappa shape index (κ3) is 59.0. The first kappa shape index (κ1) is 70.1. The number of ether oxygens (including phenoxy) is 3. The third-order valence-electron chi connectivity index (χ3n) is 13.0. The lowest BCUT2D eigenvalue weighted by atomic mass is 10.0. The Morgan fingerprint density at radius 3 is 0.838 bits per heavy atom. The lowest BCUT2D eigenvalue weighted by molar-refractivity contribution is -0.167. The zero-order chi connectivity index (χ0) is 53.6. The quantitative estimate of drug-likeness (QED) is 0.0261. The topological polar surface area (TPSA) is 78.9 Å². The van der Waals surface area contributed by atoms with Gasteiger partial charge >= 0.3 is 17.9 Å². The van der Waals surface area contributed by atoms with E-state index < -0.39 is 6.10 Å². The van der Waals surface area contributed by atoms with Gasteiger partial charge in [-0.2, -0.15) is 0 Å². The first-order chi connectivity index (χ1) is 36.5. The number of carbonyl (C=O) groups is 3. The number of hydrogen-bond donors (Lipinski definition) is 0. The number of unbranched alkanes of at least 4 members (excludes halogenated alkanes) is 26. The molecule has 0 aromatic carbocycles. The van der Waals surface area contributed by atoms with Crippen LogP contribution in [0.25, 0.3) is 0 Å². The van der Waals surface area contributed by atoms with Crippen LogP contribution in [-0.2, 0) is 28.6 Å². The Balaban J connectivity index is 4.16. The maximum Gasteiger partial charge on any atom is 0.306 e. The Hall–Kier alpha value is -3.93. The van der Waals surface area contributed by atoms with Gasteiger partial charge in [0.2, 0.25) is 0 Å². The molecular weight excluding hydrogens is 913 g/mol. The van der Waals surface area contributed by atoms with Crippen molar-refractivity contribution < 1.29 is 28.6 Å². The molecule has 6 nitrogen and oxygen atoms in total. The Morgan fingerprint density at radius 1 is 0.284 bits per heavy atom. The molecule has 0 aromatic rings. The van der Waals surface area contributed by atoms with E-state index in [1.165, 1.54) is 96.3 Å². The SMILES string of the molecule is CC/C=C\C/C=C\C/C=C\C/C=C\C/C=C\CCCCCCCCCCCCCCCCCC(=O)OCC(COC(=O)CCCCCCC/C=C\CCC)OC(=O)CCCCCCC/C=C\C/C=C\C/C=C\CC. The van der Waals surface area contributed by atoms with Gasteiger partial charge in [-0.3, -0.25) is 14.4 Å². The molecule has 0 radical (unpaired) electrons. The van der Waals surface area contributed by atoms with Gasteiger partial charge in [0, 0.05) is 19.3 Å².